The minimum absolute atomic E-state index is 0.0729. The first-order valence-electron chi connectivity index (χ1n) is 6.05. The number of fused-ring (bicyclic) bond motifs is 1. The Morgan fingerprint density at radius 2 is 1.74 bits per heavy atom. The molecule has 0 aliphatic rings. The molecule has 1 heterocycles. The van der Waals surface area contributed by atoms with E-state index in [2.05, 4.69) is 34.5 Å². The number of halogens is 1. The Bertz CT molecular complexity index is 613. The maximum Gasteiger partial charge on any atom is 0.225 e. The summed E-state index contributed by atoms with van der Waals surface area (Å²) in [6.45, 7) is 2.09. The summed E-state index contributed by atoms with van der Waals surface area (Å²) in [5.41, 5.74) is 0.886. The normalized spacial score (nSPS) is 10.7. The lowest BCUT2D eigenvalue weighted by atomic mass is 10.1. The SMILES string of the molecule is CCCc1nc(O)c(I)c2cc(OC)c(OC)cc12. The average molecular weight is 373 g/mol. The van der Waals surface area contributed by atoms with Gasteiger partial charge >= 0.3 is 0 Å². The third kappa shape index (κ3) is 2.56. The number of rotatable bonds is 4. The summed E-state index contributed by atoms with van der Waals surface area (Å²) in [5.74, 6) is 1.40. The zero-order valence-electron chi connectivity index (χ0n) is 11.2. The van der Waals surface area contributed by atoms with Crippen molar-refractivity contribution in [3.8, 4) is 17.4 Å². The fraction of sp³-hybridized carbons (Fsp3) is 0.357. The van der Waals surface area contributed by atoms with Gasteiger partial charge in [-0.3, -0.25) is 0 Å². The summed E-state index contributed by atoms with van der Waals surface area (Å²) in [7, 11) is 3.21. The molecule has 1 N–H and O–H groups in total. The molecule has 0 saturated heterocycles. The Labute approximate surface area is 125 Å². The zero-order valence-corrected chi connectivity index (χ0v) is 13.3. The second-order valence-corrected chi connectivity index (χ2v) is 5.28. The van der Waals surface area contributed by atoms with Crippen molar-refractivity contribution >= 4 is 33.4 Å². The molecule has 0 radical (unpaired) electrons. The zero-order chi connectivity index (χ0) is 14.0. The van der Waals surface area contributed by atoms with Crippen molar-refractivity contribution < 1.29 is 14.6 Å². The maximum atomic E-state index is 9.92. The van der Waals surface area contributed by atoms with E-state index in [-0.39, 0.29) is 5.88 Å². The smallest absolute Gasteiger partial charge is 0.225 e. The number of hydrogen-bond donors (Lipinski definition) is 1. The van der Waals surface area contributed by atoms with E-state index >= 15 is 0 Å². The number of nitrogens with zero attached hydrogens (tertiary/aromatic N) is 1. The Kier molecular flexibility index (Phi) is 4.34. The highest BCUT2D eigenvalue weighted by atomic mass is 127. The first kappa shape index (κ1) is 14.2. The number of aromatic nitrogens is 1. The monoisotopic (exact) mass is 373 g/mol. The number of hydrogen-bond acceptors (Lipinski definition) is 4. The standard InChI is InChI=1S/C14H16INO3/c1-4-5-10-8-6-11(18-2)12(19-3)7-9(8)13(15)14(17)16-10/h6-7H,4-5H2,1-3H3,(H,16,17). The van der Waals surface area contributed by atoms with Crippen LogP contribution in [0, 0.1) is 3.57 Å². The van der Waals surface area contributed by atoms with E-state index in [1.54, 1.807) is 14.2 Å². The summed E-state index contributed by atoms with van der Waals surface area (Å²) < 4.78 is 11.4. The van der Waals surface area contributed by atoms with Crippen LogP contribution in [0.15, 0.2) is 12.1 Å². The number of aryl methyl sites for hydroxylation is 1. The molecule has 1 aromatic carbocycles. The van der Waals surface area contributed by atoms with E-state index < -0.39 is 0 Å². The lowest BCUT2D eigenvalue weighted by Gasteiger charge is -2.13. The fourth-order valence-electron chi connectivity index (χ4n) is 2.08. The number of pyridine rings is 1. The predicted octanol–water partition coefficient (Wildman–Crippen LogP) is 3.51. The summed E-state index contributed by atoms with van der Waals surface area (Å²) in [6.07, 6.45) is 1.78. The van der Waals surface area contributed by atoms with Crippen LogP contribution < -0.4 is 9.47 Å². The predicted molar refractivity (Wildman–Crippen MR) is 83.2 cm³/mol. The van der Waals surface area contributed by atoms with Crippen LogP contribution in [0.4, 0.5) is 0 Å². The topological polar surface area (TPSA) is 51.6 Å². The van der Waals surface area contributed by atoms with E-state index in [1.165, 1.54) is 0 Å². The van der Waals surface area contributed by atoms with Crippen molar-refractivity contribution in [2.24, 2.45) is 0 Å². The van der Waals surface area contributed by atoms with Crippen molar-refractivity contribution in [1.82, 2.24) is 4.98 Å². The van der Waals surface area contributed by atoms with Gasteiger partial charge in [-0.05, 0) is 41.1 Å². The molecule has 0 amide bonds. The molecular formula is C14H16INO3. The molecule has 102 valence electrons. The van der Waals surface area contributed by atoms with Crippen LogP contribution >= 0.6 is 22.6 Å². The van der Waals surface area contributed by atoms with Gasteiger partial charge in [-0.1, -0.05) is 13.3 Å². The molecule has 2 aromatic rings. The van der Waals surface area contributed by atoms with Gasteiger partial charge in [0, 0.05) is 10.8 Å². The molecule has 19 heavy (non-hydrogen) atoms. The highest BCUT2D eigenvalue weighted by Gasteiger charge is 2.15. The van der Waals surface area contributed by atoms with E-state index in [0.29, 0.717) is 11.5 Å². The molecule has 1 aromatic heterocycles. The van der Waals surface area contributed by atoms with Crippen molar-refractivity contribution in [2.75, 3.05) is 14.2 Å². The van der Waals surface area contributed by atoms with Crippen LogP contribution in [0.2, 0.25) is 0 Å². The highest BCUT2D eigenvalue weighted by molar-refractivity contribution is 14.1. The molecule has 0 unspecified atom stereocenters. The van der Waals surface area contributed by atoms with E-state index in [9.17, 15) is 5.11 Å². The number of benzene rings is 1. The lowest BCUT2D eigenvalue weighted by Crippen LogP contribution is -1.97. The average Bonchev–Trinajstić information content (AvgIpc) is 2.43. The van der Waals surface area contributed by atoms with Gasteiger partial charge in [-0.2, -0.15) is 0 Å². The number of aromatic hydroxyl groups is 1. The maximum absolute atomic E-state index is 9.92. The second-order valence-electron chi connectivity index (χ2n) is 4.20. The molecule has 2 rings (SSSR count). The van der Waals surface area contributed by atoms with E-state index in [0.717, 1.165) is 32.9 Å². The van der Waals surface area contributed by atoms with Crippen LogP contribution in [-0.2, 0) is 6.42 Å². The minimum atomic E-state index is 0.0729. The molecule has 5 heteroatoms. The molecule has 0 spiro atoms. The largest absolute Gasteiger partial charge is 0.493 e. The van der Waals surface area contributed by atoms with Gasteiger partial charge in [0.25, 0.3) is 0 Å². The summed E-state index contributed by atoms with van der Waals surface area (Å²) >= 11 is 2.10. The Balaban J connectivity index is 2.80. The van der Waals surface area contributed by atoms with E-state index in [1.807, 2.05) is 12.1 Å². The van der Waals surface area contributed by atoms with E-state index in [4.69, 9.17) is 9.47 Å². The van der Waals surface area contributed by atoms with Gasteiger partial charge in [0.15, 0.2) is 11.5 Å². The van der Waals surface area contributed by atoms with Crippen molar-refractivity contribution in [2.45, 2.75) is 19.8 Å². The Morgan fingerprint density at radius 3 is 2.26 bits per heavy atom. The highest BCUT2D eigenvalue weighted by Crippen LogP contribution is 2.37. The van der Waals surface area contributed by atoms with Gasteiger partial charge in [0.05, 0.1) is 23.5 Å². The first-order valence-corrected chi connectivity index (χ1v) is 7.13. The van der Waals surface area contributed by atoms with Gasteiger partial charge in [0.1, 0.15) is 0 Å². The number of methoxy groups -OCH3 is 2. The van der Waals surface area contributed by atoms with Gasteiger partial charge in [-0.15, -0.1) is 0 Å². The quantitative estimate of drug-likeness (QED) is 0.834. The molecule has 0 bridgehead atoms. The van der Waals surface area contributed by atoms with Crippen molar-refractivity contribution in [3.63, 3.8) is 0 Å². The third-order valence-electron chi connectivity index (χ3n) is 3.00. The van der Waals surface area contributed by atoms with Gasteiger partial charge < -0.3 is 14.6 Å². The molecule has 0 saturated carbocycles. The van der Waals surface area contributed by atoms with Gasteiger partial charge in [0.2, 0.25) is 5.88 Å². The van der Waals surface area contributed by atoms with Crippen LogP contribution in [0.1, 0.15) is 19.0 Å². The molecule has 4 nitrogen and oxygen atoms in total. The fourth-order valence-corrected chi connectivity index (χ4v) is 2.65. The first-order chi connectivity index (χ1) is 9.12. The summed E-state index contributed by atoms with van der Waals surface area (Å²) in [4.78, 5) is 4.27. The molecule has 0 atom stereocenters. The summed E-state index contributed by atoms with van der Waals surface area (Å²) in [6, 6.07) is 3.81. The van der Waals surface area contributed by atoms with Crippen LogP contribution in [0.25, 0.3) is 10.8 Å². The Hall–Kier alpha value is -1.24. The van der Waals surface area contributed by atoms with Crippen LogP contribution in [0.5, 0.6) is 17.4 Å². The second kappa shape index (κ2) is 5.81. The van der Waals surface area contributed by atoms with Crippen molar-refractivity contribution in [1.29, 1.82) is 0 Å². The van der Waals surface area contributed by atoms with Gasteiger partial charge in [-0.25, -0.2) is 4.98 Å². The van der Waals surface area contributed by atoms with Crippen molar-refractivity contribution in [3.05, 3.63) is 21.4 Å². The Morgan fingerprint density at radius 1 is 1.16 bits per heavy atom. The van der Waals surface area contributed by atoms with Crippen LogP contribution in [0.3, 0.4) is 0 Å². The van der Waals surface area contributed by atoms with Crippen LogP contribution in [-0.4, -0.2) is 24.3 Å². The summed E-state index contributed by atoms with van der Waals surface area (Å²) in [5, 5.41) is 11.9. The molecular weight excluding hydrogens is 357 g/mol. The molecule has 0 aliphatic heterocycles. The lowest BCUT2D eigenvalue weighted by molar-refractivity contribution is 0.355. The number of ether oxygens (including phenoxy) is 2. The third-order valence-corrected chi connectivity index (χ3v) is 4.06. The molecule has 0 fully saturated rings. The molecule has 0 aliphatic carbocycles. The minimum Gasteiger partial charge on any atom is -0.493 e.